The van der Waals surface area contributed by atoms with Crippen LogP contribution < -0.4 is 10.6 Å². The van der Waals surface area contributed by atoms with Crippen LogP contribution in [-0.2, 0) is 24.8 Å². The lowest BCUT2D eigenvalue weighted by Gasteiger charge is -2.49. The van der Waals surface area contributed by atoms with Crippen LogP contribution in [0, 0.1) is 0 Å². The van der Waals surface area contributed by atoms with Crippen molar-refractivity contribution in [3.8, 4) is 0 Å². The third kappa shape index (κ3) is 7.97. The maximum absolute atomic E-state index is 13.9. The standard InChI is InChI=1S/C41H34N10O5S3/c1-56-47-32(31-25-58-39(43-31)45-41(28-16-8-3-9-17-28,29-18-10-4-11-19-29)30-20-12-5-13-21-30)35(52)44-33-36(53)50-34(38(54)55)27(23-57-37(33)50)24-59-40-46-48-49-51(40)42-22-26-14-6-2-7-15-26/h2-22,25,33,37H,23-24H2,1H3,(H,43,45)(H,44,52)(H,54,55)/t33-,37+/m1/s1. The molecule has 4 aromatic carbocycles. The number of nitrogens with one attached hydrogen (secondary N) is 2. The lowest BCUT2D eigenvalue weighted by molar-refractivity contribution is -0.150. The van der Waals surface area contributed by atoms with Crippen molar-refractivity contribution in [2.75, 3.05) is 23.9 Å². The van der Waals surface area contributed by atoms with Crippen LogP contribution in [0.4, 0.5) is 5.13 Å². The van der Waals surface area contributed by atoms with Gasteiger partial charge in [-0.25, -0.2) is 9.78 Å². The molecule has 15 nitrogen and oxygen atoms in total. The Labute approximate surface area is 350 Å². The predicted octanol–water partition coefficient (Wildman–Crippen LogP) is 5.30. The lowest BCUT2D eigenvalue weighted by Crippen LogP contribution is -2.71. The van der Waals surface area contributed by atoms with Gasteiger partial charge in [-0.3, -0.25) is 14.5 Å². The number of oxime groups is 1. The monoisotopic (exact) mass is 842 g/mol. The van der Waals surface area contributed by atoms with E-state index in [0.29, 0.717) is 15.9 Å². The molecule has 4 heterocycles. The number of benzene rings is 4. The molecule has 3 N–H and O–H groups in total. The fraction of sp³-hybridized carbons (Fsp3) is 0.146. The van der Waals surface area contributed by atoms with E-state index in [2.05, 4.69) is 72.8 Å². The quantitative estimate of drug-likeness (QED) is 0.0399. The minimum atomic E-state index is -1.26. The number of amides is 2. The van der Waals surface area contributed by atoms with Gasteiger partial charge >= 0.3 is 5.97 Å². The summed E-state index contributed by atoms with van der Waals surface area (Å²) in [5.74, 6) is -2.05. The molecular weight excluding hydrogens is 809 g/mol. The van der Waals surface area contributed by atoms with E-state index in [-0.39, 0.29) is 28.6 Å². The van der Waals surface area contributed by atoms with Crippen molar-refractivity contribution in [3.05, 3.63) is 166 Å². The molecule has 0 unspecified atom stereocenters. The largest absolute Gasteiger partial charge is 0.477 e. The summed E-state index contributed by atoms with van der Waals surface area (Å²) in [6.45, 7) is 0. The lowest BCUT2D eigenvalue weighted by atomic mass is 9.77. The average molecular weight is 843 g/mol. The van der Waals surface area contributed by atoms with Gasteiger partial charge in [0.2, 0.25) is 5.16 Å². The minimum absolute atomic E-state index is 0.136. The Kier molecular flexibility index (Phi) is 11.6. The van der Waals surface area contributed by atoms with Crippen molar-refractivity contribution < 1.29 is 24.3 Å². The van der Waals surface area contributed by atoms with E-state index < -0.39 is 34.7 Å². The molecule has 6 aromatic rings. The number of carboxylic acids is 1. The summed E-state index contributed by atoms with van der Waals surface area (Å²) >= 11 is 3.82. The molecule has 2 atom stereocenters. The van der Waals surface area contributed by atoms with Crippen LogP contribution >= 0.6 is 34.9 Å². The highest BCUT2D eigenvalue weighted by atomic mass is 32.2. The number of carboxylic acid groups (broad SMARTS) is 1. The third-order valence-electron chi connectivity index (χ3n) is 9.51. The van der Waals surface area contributed by atoms with Gasteiger partial charge < -0.3 is 20.6 Å². The average Bonchev–Trinajstić information content (AvgIpc) is 3.95. The van der Waals surface area contributed by atoms with Crippen molar-refractivity contribution in [2.45, 2.75) is 22.1 Å². The summed E-state index contributed by atoms with van der Waals surface area (Å²) in [6.07, 6.45) is 1.61. The van der Waals surface area contributed by atoms with Gasteiger partial charge in [-0.1, -0.05) is 143 Å². The highest BCUT2D eigenvalue weighted by Crippen LogP contribution is 2.43. The molecule has 0 radical (unpaired) electrons. The van der Waals surface area contributed by atoms with Crippen LogP contribution in [0.3, 0.4) is 0 Å². The maximum atomic E-state index is 13.9. The Hall–Kier alpha value is -6.63. The summed E-state index contributed by atoms with van der Waals surface area (Å²) < 4.78 is 0. The van der Waals surface area contributed by atoms with Gasteiger partial charge in [0.15, 0.2) is 10.8 Å². The van der Waals surface area contributed by atoms with Gasteiger partial charge in [0.1, 0.15) is 35.5 Å². The van der Waals surface area contributed by atoms with Gasteiger partial charge in [0.25, 0.3) is 11.8 Å². The van der Waals surface area contributed by atoms with Crippen LogP contribution in [0.25, 0.3) is 0 Å². The summed E-state index contributed by atoms with van der Waals surface area (Å²) in [5, 5.41) is 38.6. The van der Waals surface area contributed by atoms with E-state index in [4.69, 9.17) is 9.82 Å². The number of anilines is 1. The molecule has 296 valence electrons. The van der Waals surface area contributed by atoms with E-state index in [9.17, 15) is 19.5 Å². The number of rotatable bonds is 15. The second kappa shape index (κ2) is 17.5. The molecule has 2 aromatic heterocycles. The molecule has 2 amide bonds. The van der Waals surface area contributed by atoms with Gasteiger partial charge in [0, 0.05) is 16.9 Å². The third-order valence-corrected chi connectivity index (χ3v) is 12.6. The van der Waals surface area contributed by atoms with Crippen LogP contribution in [0.5, 0.6) is 0 Å². The molecule has 59 heavy (non-hydrogen) atoms. The summed E-state index contributed by atoms with van der Waals surface area (Å²) in [4.78, 5) is 52.5. The molecule has 0 spiro atoms. The zero-order chi connectivity index (χ0) is 40.8. The Balaban J connectivity index is 0.992. The molecule has 0 aliphatic carbocycles. The molecule has 18 heteroatoms. The molecular formula is C41H34N10O5S3. The number of fused-ring (bicyclic) bond motifs is 1. The zero-order valence-electron chi connectivity index (χ0n) is 31.2. The summed E-state index contributed by atoms with van der Waals surface area (Å²) in [6, 6.07) is 38.5. The molecule has 0 bridgehead atoms. The number of hydrogen-bond donors (Lipinski definition) is 3. The number of thioether (sulfide) groups is 2. The Morgan fingerprint density at radius 1 is 0.949 bits per heavy atom. The van der Waals surface area contributed by atoms with E-state index in [1.807, 2.05) is 84.9 Å². The van der Waals surface area contributed by atoms with Crippen molar-refractivity contribution >= 4 is 69.7 Å². The van der Waals surface area contributed by atoms with Gasteiger partial charge in [-0.2, -0.15) is 5.10 Å². The minimum Gasteiger partial charge on any atom is -0.477 e. The van der Waals surface area contributed by atoms with E-state index in [1.54, 1.807) is 11.6 Å². The molecule has 2 aliphatic heterocycles. The second-order valence-electron chi connectivity index (χ2n) is 13.0. The summed E-state index contributed by atoms with van der Waals surface area (Å²) in [7, 11) is 1.31. The maximum Gasteiger partial charge on any atom is 0.352 e. The first-order valence-electron chi connectivity index (χ1n) is 18.1. The Morgan fingerprint density at radius 3 is 2.15 bits per heavy atom. The van der Waals surface area contributed by atoms with Crippen LogP contribution in [0.1, 0.15) is 27.9 Å². The number of aromatic nitrogens is 5. The fourth-order valence-corrected chi connectivity index (χ4v) is 9.89. The molecule has 1 saturated heterocycles. The predicted molar refractivity (Wildman–Crippen MR) is 226 cm³/mol. The number of aliphatic carboxylic acids is 1. The highest BCUT2D eigenvalue weighted by Gasteiger charge is 2.54. The number of β-lactam (4-membered cyclic amide) rings is 1. The fourth-order valence-electron chi connectivity index (χ4n) is 6.83. The van der Waals surface area contributed by atoms with Crippen molar-refractivity contribution in [1.29, 1.82) is 0 Å². The molecule has 8 rings (SSSR count). The van der Waals surface area contributed by atoms with Crippen molar-refractivity contribution in [1.82, 2.24) is 35.5 Å². The van der Waals surface area contributed by atoms with Gasteiger partial charge in [-0.05, 0) is 38.3 Å². The first-order valence-corrected chi connectivity index (χ1v) is 21.0. The van der Waals surface area contributed by atoms with Crippen LogP contribution in [0.15, 0.2) is 153 Å². The van der Waals surface area contributed by atoms with Crippen molar-refractivity contribution in [3.63, 3.8) is 0 Å². The number of nitrogens with zero attached hydrogens (tertiary/aromatic N) is 8. The number of hydrogen-bond acceptors (Lipinski definition) is 14. The number of thiazole rings is 1. The zero-order valence-corrected chi connectivity index (χ0v) is 33.6. The topological polar surface area (TPSA) is 189 Å². The highest BCUT2D eigenvalue weighted by molar-refractivity contribution is 8.01. The van der Waals surface area contributed by atoms with E-state index in [0.717, 1.165) is 22.3 Å². The van der Waals surface area contributed by atoms with E-state index in [1.165, 1.54) is 51.7 Å². The van der Waals surface area contributed by atoms with Crippen molar-refractivity contribution in [2.24, 2.45) is 10.3 Å². The number of tetrazole rings is 1. The number of carbonyl (C=O) groups is 3. The number of carbonyl (C=O) groups excluding carboxylic acids is 2. The normalized spacial score (nSPS) is 16.7. The first-order chi connectivity index (χ1) is 28.9. The SMILES string of the molecule is CON=C(C(=O)N[C@@H]1C(=O)N2C(C(=O)O)=C(CSc3nnnn3N=Cc3ccccc3)CS[C@@H]12)c1csc(NC(c2ccccc2)(c2ccccc2)c2ccccc2)n1. The smallest absolute Gasteiger partial charge is 0.352 e. The summed E-state index contributed by atoms with van der Waals surface area (Å²) in [5.41, 5.74) is 3.35. The Bertz CT molecular complexity index is 2450. The Morgan fingerprint density at radius 2 is 1.56 bits per heavy atom. The first kappa shape index (κ1) is 39.2. The second-order valence-corrected chi connectivity index (χ2v) is 16.0. The molecule has 1 fully saturated rings. The van der Waals surface area contributed by atoms with Gasteiger partial charge in [-0.15, -0.1) is 27.9 Å². The van der Waals surface area contributed by atoms with Crippen LogP contribution in [-0.4, -0.2) is 95.0 Å². The van der Waals surface area contributed by atoms with Gasteiger partial charge in [0.05, 0.1) is 6.21 Å². The molecule has 2 aliphatic rings. The molecule has 0 saturated carbocycles. The van der Waals surface area contributed by atoms with E-state index >= 15 is 0 Å². The van der Waals surface area contributed by atoms with Crippen LogP contribution in [0.2, 0.25) is 0 Å².